The first-order valence-electron chi connectivity index (χ1n) is 5.17. The summed E-state index contributed by atoms with van der Waals surface area (Å²) in [5.74, 6) is 5.03. The molecule has 0 bridgehead atoms. The molecule has 0 atom stereocenters. The van der Waals surface area contributed by atoms with Crippen LogP contribution in [-0.4, -0.2) is 15.9 Å². The lowest BCUT2D eigenvalue weighted by atomic mass is 10.2. The molecule has 0 aliphatic rings. The van der Waals surface area contributed by atoms with Crippen molar-refractivity contribution in [1.29, 1.82) is 0 Å². The Hall–Kier alpha value is -2.38. The molecule has 98 valence electrons. The minimum atomic E-state index is -0.613. The number of hydrogen-bond donors (Lipinski definition) is 3. The van der Waals surface area contributed by atoms with E-state index in [0.29, 0.717) is 0 Å². The van der Waals surface area contributed by atoms with Gasteiger partial charge in [-0.3, -0.25) is 10.2 Å². The van der Waals surface area contributed by atoms with Gasteiger partial charge in [0.25, 0.3) is 5.91 Å². The summed E-state index contributed by atoms with van der Waals surface area (Å²) in [6.45, 7) is 0. The van der Waals surface area contributed by atoms with Crippen LogP contribution in [0.25, 0.3) is 0 Å². The molecule has 1 amide bonds. The van der Waals surface area contributed by atoms with Crippen molar-refractivity contribution in [2.75, 3.05) is 5.43 Å². The lowest BCUT2D eigenvalue weighted by Crippen LogP contribution is -2.13. The first kappa shape index (κ1) is 13.1. The minimum Gasteiger partial charge on any atom is -0.437 e. The Morgan fingerprint density at radius 2 is 2.11 bits per heavy atom. The lowest BCUT2D eigenvalue weighted by molar-refractivity contribution is 0.0998. The third kappa shape index (κ3) is 2.90. The van der Waals surface area contributed by atoms with Gasteiger partial charge in [0.15, 0.2) is 0 Å². The molecular weight excluding hydrogens is 270 g/mol. The van der Waals surface area contributed by atoms with Gasteiger partial charge in [-0.2, -0.15) is 4.98 Å². The van der Waals surface area contributed by atoms with Crippen LogP contribution in [0.1, 0.15) is 10.4 Å². The molecule has 0 fully saturated rings. The average Bonchev–Trinajstić information content (AvgIpc) is 2.41. The number of nitrogens with two attached hydrogens (primary N) is 2. The Bertz CT molecular complexity index is 620. The van der Waals surface area contributed by atoms with Gasteiger partial charge in [-0.05, 0) is 12.1 Å². The van der Waals surface area contributed by atoms with Crippen LogP contribution in [0.2, 0.25) is 5.02 Å². The highest BCUT2D eigenvalue weighted by Gasteiger charge is 2.13. The predicted molar refractivity (Wildman–Crippen MR) is 69.9 cm³/mol. The summed E-state index contributed by atoms with van der Waals surface area (Å²) in [4.78, 5) is 19.0. The maximum atomic E-state index is 11.3. The number of nitrogens with one attached hydrogen (secondary N) is 1. The number of benzene rings is 1. The highest BCUT2D eigenvalue weighted by molar-refractivity contribution is 6.31. The van der Waals surface area contributed by atoms with Crippen molar-refractivity contribution in [1.82, 2.24) is 9.97 Å². The number of rotatable bonds is 4. The third-order valence-electron chi connectivity index (χ3n) is 2.20. The first-order chi connectivity index (χ1) is 9.11. The van der Waals surface area contributed by atoms with Crippen LogP contribution in [0, 0.1) is 0 Å². The number of anilines is 1. The number of amides is 1. The highest BCUT2D eigenvalue weighted by Crippen LogP contribution is 2.29. The minimum absolute atomic E-state index is 0.0679. The molecule has 0 radical (unpaired) electrons. The van der Waals surface area contributed by atoms with Crippen molar-refractivity contribution in [2.45, 2.75) is 0 Å². The van der Waals surface area contributed by atoms with Crippen LogP contribution in [-0.2, 0) is 0 Å². The summed E-state index contributed by atoms with van der Waals surface area (Å²) < 4.78 is 5.46. The molecule has 5 N–H and O–H groups in total. The topological polar surface area (TPSA) is 116 Å². The van der Waals surface area contributed by atoms with Gasteiger partial charge in [-0.25, -0.2) is 10.8 Å². The maximum absolute atomic E-state index is 11.3. The van der Waals surface area contributed by atoms with E-state index in [2.05, 4.69) is 15.4 Å². The number of nitrogens with zero attached hydrogens (tertiary/aromatic N) is 2. The molecular formula is C11H10ClN5O2. The number of carbonyl (C=O) groups excluding carboxylic acids is 1. The van der Waals surface area contributed by atoms with Gasteiger partial charge in [0.1, 0.15) is 10.8 Å². The highest BCUT2D eigenvalue weighted by atomic mass is 35.5. The molecule has 0 saturated carbocycles. The van der Waals surface area contributed by atoms with Crippen molar-refractivity contribution in [3.63, 3.8) is 0 Å². The molecule has 0 saturated heterocycles. The van der Waals surface area contributed by atoms with E-state index in [1.165, 1.54) is 12.3 Å². The zero-order valence-electron chi connectivity index (χ0n) is 9.63. The standard InChI is InChI=1S/C11H10ClN5O2/c12-7-5-15-11(17-14)16-10(7)19-8-4-2-1-3-6(8)9(13)18/h1-5H,14H2,(H2,13,18)(H,15,16,17). The fourth-order valence-corrected chi connectivity index (χ4v) is 1.49. The summed E-state index contributed by atoms with van der Waals surface area (Å²) >= 11 is 5.90. The summed E-state index contributed by atoms with van der Waals surface area (Å²) in [6.07, 6.45) is 1.33. The van der Waals surface area contributed by atoms with Crippen LogP contribution < -0.4 is 21.7 Å². The second-order valence-electron chi connectivity index (χ2n) is 3.45. The van der Waals surface area contributed by atoms with E-state index in [0.717, 1.165) is 0 Å². The number of para-hydroxylation sites is 1. The molecule has 2 rings (SSSR count). The fraction of sp³-hybridized carbons (Fsp3) is 0. The second kappa shape index (κ2) is 5.51. The number of hydrazine groups is 1. The van der Waals surface area contributed by atoms with Gasteiger partial charge < -0.3 is 10.5 Å². The second-order valence-corrected chi connectivity index (χ2v) is 3.86. The van der Waals surface area contributed by atoms with Crippen molar-refractivity contribution < 1.29 is 9.53 Å². The van der Waals surface area contributed by atoms with Crippen LogP contribution in [0.5, 0.6) is 11.6 Å². The number of carbonyl (C=O) groups is 1. The van der Waals surface area contributed by atoms with Crippen molar-refractivity contribution >= 4 is 23.5 Å². The molecule has 1 aromatic carbocycles. The molecule has 0 aliphatic heterocycles. The lowest BCUT2D eigenvalue weighted by Gasteiger charge is -2.09. The van der Waals surface area contributed by atoms with E-state index >= 15 is 0 Å². The monoisotopic (exact) mass is 279 g/mol. The molecule has 8 heteroatoms. The van der Waals surface area contributed by atoms with Crippen LogP contribution in [0.15, 0.2) is 30.5 Å². The smallest absolute Gasteiger partial charge is 0.252 e. The normalized spacial score (nSPS) is 10.0. The largest absolute Gasteiger partial charge is 0.437 e. The van der Waals surface area contributed by atoms with Crippen LogP contribution in [0.4, 0.5) is 5.95 Å². The molecule has 0 aliphatic carbocycles. The van der Waals surface area contributed by atoms with Gasteiger partial charge >= 0.3 is 0 Å². The van der Waals surface area contributed by atoms with Gasteiger partial charge in [-0.1, -0.05) is 23.7 Å². The Kier molecular flexibility index (Phi) is 3.79. The predicted octanol–water partition coefficient (Wildman–Crippen LogP) is 1.31. The SMILES string of the molecule is NNc1ncc(Cl)c(Oc2ccccc2C(N)=O)n1. The molecule has 0 unspecified atom stereocenters. The van der Waals surface area contributed by atoms with E-state index in [4.69, 9.17) is 27.9 Å². The van der Waals surface area contributed by atoms with Gasteiger partial charge in [0.2, 0.25) is 11.8 Å². The van der Waals surface area contributed by atoms with Gasteiger partial charge in [-0.15, -0.1) is 0 Å². The molecule has 1 heterocycles. The summed E-state index contributed by atoms with van der Waals surface area (Å²) in [6, 6.07) is 6.48. The van der Waals surface area contributed by atoms with Crippen molar-refractivity contribution in [3.8, 4) is 11.6 Å². The fourth-order valence-electron chi connectivity index (χ4n) is 1.36. The maximum Gasteiger partial charge on any atom is 0.252 e. The molecule has 0 spiro atoms. The van der Waals surface area contributed by atoms with E-state index in [-0.39, 0.29) is 28.2 Å². The summed E-state index contributed by atoms with van der Waals surface area (Å²) in [7, 11) is 0. The van der Waals surface area contributed by atoms with E-state index < -0.39 is 5.91 Å². The Morgan fingerprint density at radius 3 is 2.79 bits per heavy atom. The number of hydrogen-bond acceptors (Lipinski definition) is 6. The Morgan fingerprint density at radius 1 is 1.37 bits per heavy atom. The van der Waals surface area contributed by atoms with Crippen molar-refractivity contribution in [3.05, 3.63) is 41.0 Å². The molecule has 2 aromatic rings. The van der Waals surface area contributed by atoms with E-state index in [9.17, 15) is 4.79 Å². The summed E-state index contributed by atoms with van der Waals surface area (Å²) in [5, 5.41) is 0.179. The Balaban J connectivity index is 2.38. The molecule has 19 heavy (non-hydrogen) atoms. The number of halogens is 1. The number of ether oxygens (including phenoxy) is 1. The van der Waals surface area contributed by atoms with Crippen LogP contribution >= 0.6 is 11.6 Å². The van der Waals surface area contributed by atoms with E-state index in [1.54, 1.807) is 18.2 Å². The number of primary amides is 1. The molecule has 1 aromatic heterocycles. The van der Waals surface area contributed by atoms with E-state index in [1.807, 2.05) is 0 Å². The average molecular weight is 280 g/mol. The quantitative estimate of drug-likeness (QED) is 0.574. The van der Waals surface area contributed by atoms with Crippen molar-refractivity contribution in [2.24, 2.45) is 11.6 Å². The zero-order chi connectivity index (χ0) is 13.8. The first-order valence-corrected chi connectivity index (χ1v) is 5.55. The van der Waals surface area contributed by atoms with Gasteiger partial charge in [0, 0.05) is 0 Å². The molecule has 7 nitrogen and oxygen atoms in total. The van der Waals surface area contributed by atoms with Crippen LogP contribution in [0.3, 0.4) is 0 Å². The Labute approximate surface area is 113 Å². The number of nitrogen functional groups attached to an aromatic ring is 1. The summed E-state index contributed by atoms with van der Waals surface area (Å²) in [5.41, 5.74) is 7.73. The third-order valence-corrected chi connectivity index (χ3v) is 2.46. The number of aromatic nitrogens is 2. The zero-order valence-corrected chi connectivity index (χ0v) is 10.4. The van der Waals surface area contributed by atoms with Gasteiger partial charge in [0.05, 0.1) is 11.8 Å².